The molecule has 0 aliphatic rings. The minimum Gasteiger partial charge on any atom is -0.480 e. The fourth-order valence-corrected chi connectivity index (χ4v) is 1.29. The molecule has 0 saturated heterocycles. The second kappa shape index (κ2) is 3.33. The van der Waals surface area contributed by atoms with Crippen LogP contribution in [0.2, 0.25) is 0 Å². The van der Waals surface area contributed by atoms with Crippen LogP contribution in [0.4, 0.5) is 0 Å². The summed E-state index contributed by atoms with van der Waals surface area (Å²) < 4.78 is 0. The second-order valence-corrected chi connectivity index (χ2v) is 2.80. The number of carbonyl (C=O) groups is 1. The zero-order valence-corrected chi connectivity index (χ0v) is 7.14. The van der Waals surface area contributed by atoms with E-state index < -0.39 is 11.9 Å². The molecule has 0 spiro atoms. The van der Waals surface area contributed by atoms with Crippen LogP contribution in [0.1, 0.15) is 17.3 Å². The number of carboxylic acids is 1. The lowest BCUT2D eigenvalue weighted by Gasteiger charge is -2.06. The Balaban J connectivity index is 2.40. The number of aliphatic carboxylic acids is 1. The molecule has 2 rings (SSSR count). The Labute approximate surface area is 79.0 Å². The minimum atomic E-state index is -0.946. The molecule has 0 amide bonds. The Morgan fingerprint density at radius 2 is 1.71 bits per heavy atom. The molecule has 0 aliphatic carbocycles. The first-order valence-corrected chi connectivity index (χ1v) is 4.00. The predicted molar refractivity (Wildman–Crippen MR) is 46.7 cm³/mol. The molecular weight excluding hydrogens is 184 g/mol. The van der Waals surface area contributed by atoms with E-state index in [-0.39, 0.29) is 0 Å². The van der Waals surface area contributed by atoms with Gasteiger partial charge in [-0.05, 0) is 12.1 Å². The van der Waals surface area contributed by atoms with E-state index in [1.165, 1.54) is 12.4 Å². The van der Waals surface area contributed by atoms with Crippen LogP contribution in [0.5, 0.6) is 0 Å². The lowest BCUT2D eigenvalue weighted by Crippen LogP contribution is -2.14. The fourth-order valence-electron chi connectivity index (χ4n) is 1.29. The number of H-pyrrole nitrogens is 2. The number of hydrogen-bond donors (Lipinski definition) is 3. The molecule has 6 heteroatoms. The van der Waals surface area contributed by atoms with Crippen LogP contribution >= 0.6 is 0 Å². The smallest absolute Gasteiger partial charge is 0.318 e. The average molecular weight is 192 g/mol. The Bertz CT molecular complexity index is 372. The molecule has 2 aromatic heterocycles. The van der Waals surface area contributed by atoms with Gasteiger partial charge in [-0.15, -0.1) is 0 Å². The van der Waals surface area contributed by atoms with E-state index in [0.29, 0.717) is 11.4 Å². The third-order valence-corrected chi connectivity index (χ3v) is 1.91. The lowest BCUT2D eigenvalue weighted by molar-refractivity contribution is -0.137. The quantitative estimate of drug-likeness (QED) is 0.653. The maximum Gasteiger partial charge on any atom is 0.318 e. The molecule has 6 nitrogen and oxygen atoms in total. The molecule has 0 fully saturated rings. The highest BCUT2D eigenvalue weighted by atomic mass is 16.4. The van der Waals surface area contributed by atoms with Crippen molar-refractivity contribution in [2.24, 2.45) is 0 Å². The molecule has 2 heterocycles. The van der Waals surface area contributed by atoms with Gasteiger partial charge in [-0.1, -0.05) is 0 Å². The first-order valence-electron chi connectivity index (χ1n) is 4.00. The van der Waals surface area contributed by atoms with E-state index in [1.54, 1.807) is 12.1 Å². The van der Waals surface area contributed by atoms with Crippen LogP contribution in [0, 0.1) is 0 Å². The van der Waals surface area contributed by atoms with Gasteiger partial charge in [0.15, 0.2) is 0 Å². The van der Waals surface area contributed by atoms with E-state index >= 15 is 0 Å². The molecule has 0 aromatic carbocycles. The Morgan fingerprint density at radius 1 is 1.21 bits per heavy atom. The summed E-state index contributed by atoms with van der Waals surface area (Å²) in [6, 6.07) is 3.25. The largest absolute Gasteiger partial charge is 0.480 e. The number of hydrogen-bond acceptors (Lipinski definition) is 3. The van der Waals surface area contributed by atoms with Gasteiger partial charge in [0.2, 0.25) is 0 Å². The van der Waals surface area contributed by atoms with Crippen molar-refractivity contribution in [2.75, 3.05) is 0 Å². The van der Waals surface area contributed by atoms with Gasteiger partial charge in [0.05, 0.1) is 11.4 Å². The number of rotatable bonds is 3. The predicted octanol–water partition coefficient (Wildman–Crippen LogP) is 0.349. The Hall–Kier alpha value is -2.11. The molecule has 0 radical (unpaired) electrons. The number of aromatic amines is 2. The summed E-state index contributed by atoms with van der Waals surface area (Å²) in [6.45, 7) is 0. The van der Waals surface area contributed by atoms with E-state index in [1.807, 2.05) is 0 Å². The molecule has 72 valence electrons. The van der Waals surface area contributed by atoms with Gasteiger partial charge >= 0.3 is 5.97 Å². The molecule has 0 saturated carbocycles. The normalized spacial score (nSPS) is 10.6. The van der Waals surface area contributed by atoms with Gasteiger partial charge in [-0.25, -0.2) is 0 Å². The topological polar surface area (TPSA) is 94.7 Å². The third-order valence-electron chi connectivity index (χ3n) is 1.91. The van der Waals surface area contributed by atoms with Crippen LogP contribution in [0.3, 0.4) is 0 Å². The first kappa shape index (κ1) is 8.49. The van der Waals surface area contributed by atoms with Gasteiger partial charge in [-0.3, -0.25) is 15.0 Å². The SMILES string of the molecule is O=C(O)C(c1ccn[nH]1)c1ccn[nH]1. The van der Waals surface area contributed by atoms with Gasteiger partial charge in [0, 0.05) is 12.4 Å². The average Bonchev–Trinajstić information content (AvgIpc) is 2.75. The van der Waals surface area contributed by atoms with Gasteiger partial charge in [0.25, 0.3) is 0 Å². The monoisotopic (exact) mass is 192 g/mol. The van der Waals surface area contributed by atoms with E-state index in [4.69, 9.17) is 5.11 Å². The van der Waals surface area contributed by atoms with E-state index in [0.717, 1.165) is 0 Å². The molecule has 0 bridgehead atoms. The molecule has 0 atom stereocenters. The van der Waals surface area contributed by atoms with Crippen molar-refractivity contribution >= 4 is 5.97 Å². The van der Waals surface area contributed by atoms with Crippen molar-refractivity contribution in [1.29, 1.82) is 0 Å². The number of carboxylic acid groups (broad SMARTS) is 1. The van der Waals surface area contributed by atoms with Crippen LogP contribution in [0.15, 0.2) is 24.5 Å². The summed E-state index contributed by atoms with van der Waals surface area (Å²) >= 11 is 0. The van der Waals surface area contributed by atoms with E-state index in [9.17, 15) is 4.79 Å². The van der Waals surface area contributed by atoms with Crippen molar-refractivity contribution in [1.82, 2.24) is 20.4 Å². The highest BCUT2D eigenvalue weighted by molar-refractivity contribution is 5.78. The summed E-state index contributed by atoms with van der Waals surface area (Å²) in [5.41, 5.74) is 1.06. The maximum absolute atomic E-state index is 11.0. The standard InChI is InChI=1S/C8H8N4O2/c13-8(14)7(5-1-3-9-11-5)6-2-4-10-12-6/h1-4,7H,(H,9,11)(H,10,12)(H,13,14). The lowest BCUT2D eigenvalue weighted by atomic mass is 10.0. The van der Waals surface area contributed by atoms with Crippen LogP contribution in [-0.4, -0.2) is 31.5 Å². The summed E-state index contributed by atoms with van der Waals surface area (Å²) in [5.74, 6) is -1.71. The Kier molecular flexibility index (Phi) is 2.02. The minimum absolute atomic E-state index is 0.529. The summed E-state index contributed by atoms with van der Waals surface area (Å²) in [7, 11) is 0. The van der Waals surface area contributed by atoms with E-state index in [2.05, 4.69) is 20.4 Å². The highest BCUT2D eigenvalue weighted by Gasteiger charge is 2.24. The van der Waals surface area contributed by atoms with Gasteiger partial charge < -0.3 is 5.11 Å². The van der Waals surface area contributed by atoms with Crippen molar-refractivity contribution in [3.8, 4) is 0 Å². The molecular formula is C8H8N4O2. The molecule has 0 aliphatic heterocycles. The molecule has 2 aromatic rings. The first-order chi connectivity index (χ1) is 6.79. The highest BCUT2D eigenvalue weighted by Crippen LogP contribution is 2.20. The van der Waals surface area contributed by atoms with Crippen molar-refractivity contribution in [3.63, 3.8) is 0 Å². The maximum atomic E-state index is 11.0. The molecule has 14 heavy (non-hydrogen) atoms. The summed E-state index contributed by atoms with van der Waals surface area (Å²) in [6.07, 6.45) is 3.03. The van der Waals surface area contributed by atoms with Gasteiger partial charge in [0.1, 0.15) is 5.92 Å². The third kappa shape index (κ3) is 1.37. The molecule has 3 N–H and O–H groups in total. The Morgan fingerprint density at radius 3 is 2.00 bits per heavy atom. The second-order valence-electron chi connectivity index (χ2n) is 2.80. The van der Waals surface area contributed by atoms with Crippen LogP contribution < -0.4 is 0 Å². The van der Waals surface area contributed by atoms with Crippen LogP contribution in [-0.2, 0) is 4.79 Å². The number of nitrogens with one attached hydrogen (secondary N) is 2. The zero-order valence-electron chi connectivity index (χ0n) is 7.14. The fraction of sp³-hybridized carbons (Fsp3) is 0.125. The van der Waals surface area contributed by atoms with Crippen molar-refractivity contribution in [3.05, 3.63) is 35.9 Å². The summed E-state index contributed by atoms with van der Waals surface area (Å²) in [5, 5.41) is 21.7. The molecule has 0 unspecified atom stereocenters. The van der Waals surface area contributed by atoms with Crippen molar-refractivity contribution in [2.45, 2.75) is 5.92 Å². The van der Waals surface area contributed by atoms with Crippen LogP contribution in [0.25, 0.3) is 0 Å². The van der Waals surface area contributed by atoms with Crippen molar-refractivity contribution < 1.29 is 9.90 Å². The zero-order chi connectivity index (χ0) is 9.97. The number of nitrogens with zero attached hydrogens (tertiary/aromatic N) is 2. The van der Waals surface area contributed by atoms with Gasteiger partial charge in [-0.2, -0.15) is 10.2 Å². The number of aromatic nitrogens is 4. The summed E-state index contributed by atoms with van der Waals surface area (Å²) in [4.78, 5) is 11.0.